The monoisotopic (exact) mass is 270 g/mol. The zero-order valence-electron chi connectivity index (χ0n) is 11.4. The molecule has 1 aliphatic rings. The van der Waals surface area contributed by atoms with Crippen LogP contribution in [0.5, 0.6) is 0 Å². The van der Waals surface area contributed by atoms with Crippen LogP contribution in [0.25, 0.3) is 0 Å². The first-order chi connectivity index (χ1) is 9.74. The molecule has 2 N–H and O–H groups in total. The molecule has 0 aliphatic heterocycles. The number of nitrogens with two attached hydrogens (primary N) is 1. The Morgan fingerprint density at radius 1 is 1.00 bits per heavy atom. The van der Waals surface area contributed by atoms with Crippen LogP contribution in [0.3, 0.4) is 0 Å². The second kappa shape index (κ2) is 5.63. The molecule has 2 nitrogen and oxygen atoms in total. The van der Waals surface area contributed by atoms with E-state index < -0.39 is 0 Å². The summed E-state index contributed by atoms with van der Waals surface area (Å²) in [5.41, 5.74) is 7.84. The average molecular weight is 270 g/mol. The van der Waals surface area contributed by atoms with Gasteiger partial charge in [-0.2, -0.15) is 0 Å². The van der Waals surface area contributed by atoms with Gasteiger partial charge in [-0.15, -0.1) is 0 Å². The minimum Gasteiger partial charge on any atom is -0.396 e. The Kier molecular flexibility index (Phi) is 3.70. The van der Waals surface area contributed by atoms with Crippen molar-refractivity contribution in [3.8, 4) is 0 Å². The van der Waals surface area contributed by atoms with Gasteiger partial charge in [-0.3, -0.25) is 4.90 Å². The molecule has 104 valence electrons. The number of rotatable bonds is 5. The normalized spacial score (nSPS) is 14.7. The summed E-state index contributed by atoms with van der Waals surface area (Å²) in [6.45, 7) is 1.48. The predicted octanol–water partition coefficient (Wildman–Crippen LogP) is 3.57. The smallest absolute Gasteiger partial charge is 0.150 e. The van der Waals surface area contributed by atoms with Crippen molar-refractivity contribution in [2.45, 2.75) is 32.0 Å². The number of halogens is 1. The zero-order chi connectivity index (χ0) is 13.9. The second-order valence-electron chi connectivity index (χ2n) is 5.44. The largest absolute Gasteiger partial charge is 0.396 e. The molecule has 0 radical (unpaired) electrons. The highest BCUT2D eigenvalue weighted by Crippen LogP contribution is 2.30. The van der Waals surface area contributed by atoms with Gasteiger partial charge in [-0.1, -0.05) is 42.5 Å². The van der Waals surface area contributed by atoms with Crippen molar-refractivity contribution in [1.82, 2.24) is 4.90 Å². The van der Waals surface area contributed by atoms with E-state index in [1.54, 1.807) is 6.07 Å². The van der Waals surface area contributed by atoms with Crippen LogP contribution < -0.4 is 5.73 Å². The van der Waals surface area contributed by atoms with Gasteiger partial charge in [0.2, 0.25) is 0 Å². The number of benzene rings is 2. The lowest BCUT2D eigenvalue weighted by atomic mass is 10.1. The highest BCUT2D eigenvalue weighted by molar-refractivity contribution is 5.42. The van der Waals surface area contributed by atoms with E-state index in [4.69, 9.17) is 5.73 Å². The van der Waals surface area contributed by atoms with Crippen molar-refractivity contribution >= 4 is 5.69 Å². The standard InChI is InChI=1S/C17H19FN2/c18-17-14(7-4-8-16(17)19)12-20(15-9-10-15)11-13-5-2-1-3-6-13/h1-8,15H,9-12,19H2. The first kappa shape index (κ1) is 13.1. The summed E-state index contributed by atoms with van der Waals surface area (Å²) in [5.74, 6) is -0.272. The summed E-state index contributed by atoms with van der Waals surface area (Å²) in [4.78, 5) is 2.34. The van der Waals surface area contributed by atoms with Gasteiger partial charge in [0.15, 0.2) is 5.82 Å². The summed E-state index contributed by atoms with van der Waals surface area (Å²) in [5, 5.41) is 0. The van der Waals surface area contributed by atoms with Crippen molar-refractivity contribution in [3.63, 3.8) is 0 Å². The van der Waals surface area contributed by atoms with Crippen molar-refractivity contribution in [3.05, 3.63) is 65.5 Å². The number of hydrogen-bond donors (Lipinski definition) is 1. The lowest BCUT2D eigenvalue weighted by Crippen LogP contribution is -2.25. The van der Waals surface area contributed by atoms with Crippen molar-refractivity contribution in [1.29, 1.82) is 0 Å². The molecule has 1 aliphatic carbocycles. The molecule has 20 heavy (non-hydrogen) atoms. The molecule has 0 aromatic heterocycles. The lowest BCUT2D eigenvalue weighted by molar-refractivity contribution is 0.242. The molecule has 0 saturated heterocycles. The highest BCUT2D eigenvalue weighted by atomic mass is 19.1. The summed E-state index contributed by atoms with van der Waals surface area (Å²) in [7, 11) is 0. The minimum absolute atomic E-state index is 0.234. The fraction of sp³-hybridized carbons (Fsp3) is 0.294. The Balaban J connectivity index is 1.76. The maximum atomic E-state index is 14.0. The predicted molar refractivity (Wildman–Crippen MR) is 79.5 cm³/mol. The van der Waals surface area contributed by atoms with Gasteiger partial charge in [0.1, 0.15) is 0 Å². The van der Waals surface area contributed by atoms with Crippen molar-refractivity contribution < 1.29 is 4.39 Å². The Hall–Kier alpha value is -1.87. The van der Waals surface area contributed by atoms with Gasteiger partial charge in [0, 0.05) is 24.7 Å². The maximum Gasteiger partial charge on any atom is 0.150 e. The molecule has 1 fully saturated rings. The minimum atomic E-state index is -0.272. The van der Waals surface area contributed by atoms with Crippen LogP contribution in [-0.4, -0.2) is 10.9 Å². The molecule has 2 aromatic rings. The number of nitrogens with zero attached hydrogens (tertiary/aromatic N) is 1. The van der Waals surface area contributed by atoms with Crippen molar-refractivity contribution in [2.24, 2.45) is 0 Å². The van der Waals surface area contributed by atoms with Gasteiger partial charge in [-0.25, -0.2) is 4.39 Å². The molecule has 0 bridgehead atoms. The Bertz CT molecular complexity index is 579. The Morgan fingerprint density at radius 3 is 2.45 bits per heavy atom. The highest BCUT2D eigenvalue weighted by Gasteiger charge is 2.29. The molecule has 3 heteroatoms. The third-order valence-electron chi connectivity index (χ3n) is 3.77. The van der Waals surface area contributed by atoms with E-state index in [0.717, 1.165) is 6.54 Å². The van der Waals surface area contributed by atoms with Crippen molar-refractivity contribution in [2.75, 3.05) is 5.73 Å². The molecule has 2 aromatic carbocycles. The zero-order valence-corrected chi connectivity index (χ0v) is 11.4. The SMILES string of the molecule is Nc1cccc(CN(Cc2ccccc2)C2CC2)c1F. The van der Waals surface area contributed by atoms with E-state index in [-0.39, 0.29) is 11.5 Å². The van der Waals surface area contributed by atoms with E-state index in [9.17, 15) is 4.39 Å². The molecular weight excluding hydrogens is 251 g/mol. The van der Waals surface area contributed by atoms with Gasteiger partial charge >= 0.3 is 0 Å². The quantitative estimate of drug-likeness (QED) is 0.842. The van der Waals surface area contributed by atoms with Gasteiger partial charge in [0.25, 0.3) is 0 Å². The second-order valence-corrected chi connectivity index (χ2v) is 5.44. The molecule has 1 saturated carbocycles. The third-order valence-corrected chi connectivity index (χ3v) is 3.77. The van der Waals surface area contributed by atoms with Gasteiger partial charge in [0.05, 0.1) is 5.69 Å². The summed E-state index contributed by atoms with van der Waals surface area (Å²) >= 11 is 0. The third kappa shape index (κ3) is 2.99. The van der Waals surface area contributed by atoms with Crippen LogP contribution >= 0.6 is 0 Å². The van der Waals surface area contributed by atoms with E-state index in [2.05, 4.69) is 17.0 Å². The molecule has 0 amide bonds. The van der Waals surface area contributed by atoms with Gasteiger partial charge < -0.3 is 5.73 Å². The fourth-order valence-electron chi connectivity index (χ4n) is 2.51. The van der Waals surface area contributed by atoms with Crippen LogP contribution in [0.4, 0.5) is 10.1 Å². The molecule has 0 spiro atoms. The number of anilines is 1. The summed E-state index contributed by atoms with van der Waals surface area (Å²) in [6.07, 6.45) is 2.41. The average Bonchev–Trinajstić information content (AvgIpc) is 3.29. The molecule has 0 heterocycles. The first-order valence-electron chi connectivity index (χ1n) is 7.05. The molecule has 0 unspecified atom stereocenters. The van der Waals surface area contributed by atoms with Crippen LogP contribution in [0.15, 0.2) is 48.5 Å². The fourth-order valence-corrected chi connectivity index (χ4v) is 2.51. The molecule has 0 atom stereocenters. The van der Waals surface area contributed by atoms with E-state index in [1.165, 1.54) is 18.4 Å². The Morgan fingerprint density at radius 2 is 1.75 bits per heavy atom. The first-order valence-corrected chi connectivity index (χ1v) is 7.05. The van der Waals surface area contributed by atoms with Crippen LogP contribution in [-0.2, 0) is 13.1 Å². The number of nitrogen functional groups attached to an aromatic ring is 1. The Labute approximate surface area is 119 Å². The lowest BCUT2D eigenvalue weighted by Gasteiger charge is -2.22. The molecule has 3 rings (SSSR count). The number of hydrogen-bond acceptors (Lipinski definition) is 2. The van der Waals surface area contributed by atoms with E-state index in [0.29, 0.717) is 18.2 Å². The summed E-state index contributed by atoms with van der Waals surface area (Å²) < 4.78 is 14.0. The van der Waals surface area contributed by atoms with Crippen LogP contribution in [0.2, 0.25) is 0 Å². The maximum absolute atomic E-state index is 14.0. The van der Waals surface area contributed by atoms with E-state index >= 15 is 0 Å². The van der Waals surface area contributed by atoms with E-state index in [1.807, 2.05) is 30.3 Å². The topological polar surface area (TPSA) is 29.3 Å². The summed E-state index contributed by atoms with van der Waals surface area (Å²) in [6, 6.07) is 16.2. The van der Waals surface area contributed by atoms with Gasteiger partial charge in [-0.05, 0) is 24.5 Å². The molecular formula is C17H19FN2. The van der Waals surface area contributed by atoms with Crippen LogP contribution in [0.1, 0.15) is 24.0 Å². The van der Waals surface area contributed by atoms with Crippen LogP contribution in [0, 0.1) is 5.82 Å².